The van der Waals surface area contributed by atoms with Crippen molar-refractivity contribution in [2.24, 2.45) is 0 Å². The van der Waals surface area contributed by atoms with Crippen molar-refractivity contribution in [1.29, 1.82) is 0 Å². The Hall–Kier alpha value is -2.71. The van der Waals surface area contributed by atoms with E-state index in [1.54, 1.807) is 30.3 Å². The molecule has 2 aromatic carbocycles. The van der Waals surface area contributed by atoms with E-state index in [4.69, 9.17) is 0 Å². The van der Waals surface area contributed by atoms with Crippen molar-refractivity contribution >= 4 is 37.7 Å². The van der Waals surface area contributed by atoms with Crippen molar-refractivity contribution < 1.29 is 13.0 Å². The van der Waals surface area contributed by atoms with Crippen LogP contribution in [0.25, 0.3) is 27.6 Å². The molecule has 0 unspecified atom stereocenters. The zero-order valence-corrected chi connectivity index (χ0v) is 11.8. The molecule has 0 aliphatic rings. The molecule has 8 heteroatoms. The molecule has 0 spiro atoms. The molecule has 2 heterocycles. The smallest absolute Gasteiger partial charge is 0.305 e. The van der Waals surface area contributed by atoms with Gasteiger partial charge in [0.25, 0.3) is 10.1 Å². The quantitative estimate of drug-likeness (QED) is 0.519. The van der Waals surface area contributed by atoms with Gasteiger partial charge in [-0.25, -0.2) is 14.2 Å². The van der Waals surface area contributed by atoms with Gasteiger partial charge in [0, 0.05) is 5.39 Å². The van der Waals surface area contributed by atoms with E-state index in [2.05, 4.69) is 9.97 Å². The summed E-state index contributed by atoms with van der Waals surface area (Å²) in [4.78, 5) is 18.9. The molecule has 0 aliphatic carbocycles. The van der Waals surface area contributed by atoms with Crippen LogP contribution in [0.4, 0.5) is 0 Å². The number of H-pyrrole nitrogens is 1. The molecule has 0 bridgehead atoms. The van der Waals surface area contributed by atoms with Crippen LogP contribution < -0.4 is 5.69 Å². The third-order valence-corrected chi connectivity index (χ3v) is 4.44. The predicted octanol–water partition coefficient (Wildman–Crippen LogP) is 1.58. The number of nitrogens with zero attached hydrogens (tertiary/aromatic N) is 2. The summed E-state index contributed by atoms with van der Waals surface area (Å²) in [5.41, 5.74) is 1.10. The first-order valence-electron chi connectivity index (χ1n) is 6.36. The van der Waals surface area contributed by atoms with Crippen molar-refractivity contribution in [2.75, 3.05) is 0 Å². The highest BCUT2D eigenvalue weighted by Crippen LogP contribution is 2.25. The zero-order chi connectivity index (χ0) is 15.5. The van der Waals surface area contributed by atoms with Crippen LogP contribution in [0.5, 0.6) is 0 Å². The molecule has 110 valence electrons. The second-order valence-corrected chi connectivity index (χ2v) is 6.23. The number of rotatable bonds is 1. The fraction of sp³-hybridized carbons (Fsp3) is 0. The summed E-state index contributed by atoms with van der Waals surface area (Å²) < 4.78 is 33.6. The van der Waals surface area contributed by atoms with Crippen LogP contribution >= 0.6 is 0 Å². The minimum absolute atomic E-state index is 0.0396. The molecule has 0 radical (unpaired) electrons. The molecular weight excluding hydrogens is 306 g/mol. The van der Waals surface area contributed by atoms with Crippen molar-refractivity contribution in [2.45, 2.75) is 4.90 Å². The Bertz CT molecular complexity index is 1220. The maximum absolute atomic E-state index is 12.3. The van der Waals surface area contributed by atoms with Crippen LogP contribution in [-0.4, -0.2) is 27.3 Å². The normalized spacial score (nSPS) is 12.4. The van der Waals surface area contributed by atoms with Gasteiger partial charge in [-0.05, 0) is 24.3 Å². The number of para-hydroxylation sites is 3. The molecule has 0 fully saturated rings. The molecule has 7 nitrogen and oxygen atoms in total. The van der Waals surface area contributed by atoms with Gasteiger partial charge in [-0.3, -0.25) is 4.55 Å². The topological polar surface area (TPSA) is 105 Å². The van der Waals surface area contributed by atoms with E-state index < -0.39 is 15.8 Å². The summed E-state index contributed by atoms with van der Waals surface area (Å²) in [6.07, 6.45) is 0. The van der Waals surface area contributed by atoms with E-state index in [0.717, 1.165) is 0 Å². The average molecular weight is 315 g/mol. The van der Waals surface area contributed by atoms with Gasteiger partial charge < -0.3 is 4.98 Å². The Balaban J connectivity index is 2.34. The van der Waals surface area contributed by atoms with E-state index in [-0.39, 0.29) is 10.4 Å². The molecule has 0 saturated carbocycles. The van der Waals surface area contributed by atoms with Crippen molar-refractivity contribution in [1.82, 2.24) is 14.4 Å². The third-order valence-electron chi connectivity index (χ3n) is 3.54. The van der Waals surface area contributed by atoms with Crippen LogP contribution in [0, 0.1) is 0 Å². The third kappa shape index (κ3) is 1.68. The summed E-state index contributed by atoms with van der Waals surface area (Å²) >= 11 is 0. The van der Waals surface area contributed by atoms with Gasteiger partial charge in [0.1, 0.15) is 4.90 Å². The van der Waals surface area contributed by atoms with Gasteiger partial charge in [0.2, 0.25) is 0 Å². The summed E-state index contributed by atoms with van der Waals surface area (Å²) in [5.74, 6) is 0. The highest BCUT2D eigenvalue weighted by atomic mass is 32.2. The van der Waals surface area contributed by atoms with Gasteiger partial charge in [-0.2, -0.15) is 8.42 Å². The summed E-state index contributed by atoms with van der Waals surface area (Å²) in [6, 6.07) is 11.5. The zero-order valence-electron chi connectivity index (χ0n) is 11.0. The molecule has 0 aliphatic heterocycles. The van der Waals surface area contributed by atoms with E-state index in [1.165, 1.54) is 16.5 Å². The fourth-order valence-corrected chi connectivity index (χ4v) is 3.31. The lowest BCUT2D eigenvalue weighted by atomic mass is 10.2. The highest BCUT2D eigenvalue weighted by molar-refractivity contribution is 7.86. The Labute approximate surface area is 123 Å². The van der Waals surface area contributed by atoms with Gasteiger partial charge >= 0.3 is 5.69 Å². The second kappa shape index (κ2) is 4.15. The number of nitrogens with one attached hydrogen (secondary N) is 1. The number of hydrogen-bond acceptors (Lipinski definition) is 4. The van der Waals surface area contributed by atoms with Gasteiger partial charge in [-0.1, -0.05) is 18.2 Å². The minimum Gasteiger partial charge on any atom is -0.305 e. The van der Waals surface area contributed by atoms with Gasteiger partial charge in [-0.15, -0.1) is 0 Å². The number of hydrogen-bond donors (Lipinski definition) is 2. The lowest BCUT2D eigenvalue weighted by molar-refractivity contribution is 0.484. The van der Waals surface area contributed by atoms with Crippen molar-refractivity contribution in [3.8, 4) is 0 Å². The van der Waals surface area contributed by atoms with Gasteiger partial charge in [0.15, 0.2) is 5.65 Å². The minimum atomic E-state index is -4.45. The molecule has 0 atom stereocenters. The standard InChI is InChI=1S/C14H9N3O4S/c18-14-16-12-8(4-3-7-11(12)22(19,20)21)13-15-9-5-1-2-6-10(9)17(13)14/h1-7H,(H,16,18)(H,19,20,21). The Morgan fingerprint density at radius 2 is 1.86 bits per heavy atom. The maximum atomic E-state index is 12.3. The molecular formula is C14H9N3O4S. The number of benzene rings is 2. The summed E-state index contributed by atoms with van der Waals surface area (Å²) in [5, 5.41) is 0.436. The summed E-state index contributed by atoms with van der Waals surface area (Å²) in [7, 11) is -4.45. The Morgan fingerprint density at radius 3 is 2.64 bits per heavy atom. The first-order valence-corrected chi connectivity index (χ1v) is 7.80. The molecule has 22 heavy (non-hydrogen) atoms. The largest absolute Gasteiger partial charge is 0.332 e. The van der Waals surface area contributed by atoms with Crippen LogP contribution in [0.3, 0.4) is 0 Å². The number of imidazole rings is 1. The van der Waals surface area contributed by atoms with E-state index in [1.807, 2.05) is 0 Å². The van der Waals surface area contributed by atoms with E-state index >= 15 is 0 Å². The average Bonchev–Trinajstić information content (AvgIpc) is 2.86. The molecule has 0 amide bonds. The Morgan fingerprint density at radius 1 is 1.09 bits per heavy atom. The first-order chi connectivity index (χ1) is 10.5. The molecule has 2 aromatic heterocycles. The molecule has 0 saturated heterocycles. The maximum Gasteiger partial charge on any atom is 0.332 e. The SMILES string of the molecule is O=c1[nH]c2c(S(=O)(=O)O)cccc2c2nc3ccccc3n12. The molecule has 2 N–H and O–H groups in total. The number of aromatic amines is 1. The second-order valence-electron chi connectivity index (χ2n) is 4.84. The molecule has 4 rings (SSSR count). The van der Waals surface area contributed by atoms with Crippen LogP contribution in [0.15, 0.2) is 52.2 Å². The van der Waals surface area contributed by atoms with Crippen molar-refractivity contribution in [3.63, 3.8) is 0 Å². The highest BCUT2D eigenvalue weighted by Gasteiger charge is 2.18. The monoisotopic (exact) mass is 315 g/mol. The van der Waals surface area contributed by atoms with Crippen molar-refractivity contribution in [3.05, 3.63) is 52.9 Å². The van der Waals surface area contributed by atoms with Crippen LogP contribution in [0.1, 0.15) is 0 Å². The number of aromatic nitrogens is 3. The first kappa shape index (κ1) is 13.0. The predicted molar refractivity (Wildman–Crippen MR) is 80.6 cm³/mol. The molecule has 4 aromatic rings. The van der Waals surface area contributed by atoms with E-state index in [9.17, 15) is 17.8 Å². The van der Waals surface area contributed by atoms with Crippen LogP contribution in [0.2, 0.25) is 0 Å². The number of fused-ring (bicyclic) bond motifs is 5. The summed E-state index contributed by atoms with van der Waals surface area (Å²) in [6.45, 7) is 0. The van der Waals surface area contributed by atoms with Gasteiger partial charge in [0.05, 0.1) is 16.6 Å². The van der Waals surface area contributed by atoms with E-state index in [0.29, 0.717) is 22.1 Å². The lowest BCUT2D eigenvalue weighted by Crippen LogP contribution is -2.17. The van der Waals surface area contributed by atoms with Crippen LogP contribution in [-0.2, 0) is 10.1 Å². The fourth-order valence-electron chi connectivity index (χ4n) is 2.64. The Kier molecular flexibility index (Phi) is 2.45. The lowest BCUT2D eigenvalue weighted by Gasteiger charge is -2.04.